The normalized spacial score (nSPS) is 21.6. The fraction of sp³-hybridized carbons (Fsp3) is 0.636. The van der Waals surface area contributed by atoms with Gasteiger partial charge in [0.05, 0.1) is 11.8 Å². The number of nitrogen functional groups attached to an aromatic ring is 1. The fourth-order valence-corrected chi connectivity index (χ4v) is 2.71. The summed E-state index contributed by atoms with van der Waals surface area (Å²) in [4.78, 5) is 17.9. The van der Waals surface area contributed by atoms with Crippen LogP contribution in [0.15, 0.2) is 5.38 Å². The van der Waals surface area contributed by atoms with Crippen LogP contribution in [0.4, 0.5) is 0 Å². The van der Waals surface area contributed by atoms with Crippen molar-refractivity contribution in [2.45, 2.75) is 26.0 Å². The standard InChI is InChI=1S/C11H18N4O2S/c1-8-5-15(3-2-4-17-8)6-9-7-18-11(13-9)10(16)14-12/h7-8H,2-6,12H2,1H3,(H,14,16). The van der Waals surface area contributed by atoms with E-state index < -0.39 is 0 Å². The van der Waals surface area contributed by atoms with Crippen LogP contribution in [0, 0.1) is 0 Å². The molecule has 0 aromatic carbocycles. The lowest BCUT2D eigenvalue weighted by molar-refractivity contribution is 0.0666. The molecule has 0 bridgehead atoms. The first-order chi connectivity index (χ1) is 8.69. The minimum absolute atomic E-state index is 0.248. The van der Waals surface area contributed by atoms with Crippen molar-refractivity contribution in [2.24, 2.45) is 5.84 Å². The van der Waals surface area contributed by atoms with Gasteiger partial charge in [0.1, 0.15) is 0 Å². The van der Waals surface area contributed by atoms with Crippen LogP contribution in [0.2, 0.25) is 0 Å². The first-order valence-electron chi connectivity index (χ1n) is 5.98. The Morgan fingerprint density at radius 1 is 1.78 bits per heavy atom. The molecule has 1 aliphatic rings. The lowest BCUT2D eigenvalue weighted by Gasteiger charge is -2.20. The predicted octanol–water partition coefficient (Wildman–Crippen LogP) is 0.357. The van der Waals surface area contributed by atoms with Gasteiger partial charge < -0.3 is 4.74 Å². The highest BCUT2D eigenvalue weighted by molar-refractivity contribution is 7.11. The van der Waals surface area contributed by atoms with Crippen LogP contribution in [0.3, 0.4) is 0 Å². The highest BCUT2D eigenvalue weighted by Crippen LogP contribution is 2.14. The number of amides is 1. The van der Waals surface area contributed by atoms with E-state index in [4.69, 9.17) is 10.6 Å². The highest BCUT2D eigenvalue weighted by atomic mass is 32.1. The van der Waals surface area contributed by atoms with Crippen molar-refractivity contribution < 1.29 is 9.53 Å². The minimum atomic E-state index is -0.334. The molecule has 1 aromatic heterocycles. The molecule has 1 atom stereocenters. The molecule has 1 amide bonds. The summed E-state index contributed by atoms with van der Waals surface area (Å²) in [5, 5.41) is 2.31. The number of ether oxygens (including phenoxy) is 1. The van der Waals surface area contributed by atoms with Crippen LogP contribution in [-0.2, 0) is 11.3 Å². The highest BCUT2D eigenvalue weighted by Gasteiger charge is 2.17. The van der Waals surface area contributed by atoms with Gasteiger partial charge in [0.25, 0.3) is 5.91 Å². The number of nitrogens with zero attached hydrogens (tertiary/aromatic N) is 2. The number of hydrazine groups is 1. The number of carbonyl (C=O) groups is 1. The first-order valence-corrected chi connectivity index (χ1v) is 6.86. The molecule has 18 heavy (non-hydrogen) atoms. The van der Waals surface area contributed by atoms with Crippen molar-refractivity contribution in [3.8, 4) is 0 Å². The smallest absolute Gasteiger partial charge is 0.294 e. The Balaban J connectivity index is 1.95. The molecule has 2 heterocycles. The molecule has 1 fully saturated rings. The van der Waals surface area contributed by atoms with Gasteiger partial charge in [-0.15, -0.1) is 11.3 Å². The Bertz CT molecular complexity index is 410. The van der Waals surface area contributed by atoms with Gasteiger partial charge in [-0.3, -0.25) is 15.1 Å². The maximum absolute atomic E-state index is 11.3. The number of nitrogens with one attached hydrogen (secondary N) is 1. The van der Waals surface area contributed by atoms with Crippen molar-refractivity contribution in [2.75, 3.05) is 19.7 Å². The Hall–Kier alpha value is -1.02. The molecule has 0 saturated carbocycles. The van der Waals surface area contributed by atoms with E-state index in [0.717, 1.165) is 38.4 Å². The third-order valence-corrected chi connectivity index (χ3v) is 3.69. The van der Waals surface area contributed by atoms with Crippen LogP contribution in [0.25, 0.3) is 0 Å². The number of aromatic nitrogens is 1. The molecular formula is C11H18N4O2S. The fourth-order valence-electron chi connectivity index (χ4n) is 2.00. The summed E-state index contributed by atoms with van der Waals surface area (Å²) in [6, 6.07) is 0. The number of carbonyl (C=O) groups excluding carboxylic acids is 1. The lowest BCUT2D eigenvalue weighted by Crippen LogP contribution is -2.31. The molecule has 1 aromatic rings. The van der Waals surface area contributed by atoms with Crippen LogP contribution < -0.4 is 11.3 Å². The molecule has 0 aliphatic carbocycles. The zero-order chi connectivity index (χ0) is 13.0. The third-order valence-electron chi connectivity index (χ3n) is 2.80. The van der Waals surface area contributed by atoms with Crippen molar-refractivity contribution in [3.05, 3.63) is 16.1 Å². The summed E-state index contributed by atoms with van der Waals surface area (Å²) in [5.41, 5.74) is 3.00. The van der Waals surface area contributed by atoms with Crippen LogP contribution in [-0.4, -0.2) is 41.6 Å². The van der Waals surface area contributed by atoms with Crippen LogP contribution in [0.5, 0.6) is 0 Å². The zero-order valence-corrected chi connectivity index (χ0v) is 11.2. The van der Waals surface area contributed by atoms with E-state index in [-0.39, 0.29) is 12.0 Å². The second-order valence-corrected chi connectivity index (χ2v) is 5.25. The van der Waals surface area contributed by atoms with Gasteiger partial charge in [0.15, 0.2) is 5.01 Å². The molecule has 1 aliphatic heterocycles. The molecule has 100 valence electrons. The van der Waals surface area contributed by atoms with Crippen molar-refractivity contribution in [1.82, 2.24) is 15.3 Å². The average molecular weight is 270 g/mol. The van der Waals surface area contributed by atoms with Gasteiger partial charge in [-0.25, -0.2) is 10.8 Å². The van der Waals surface area contributed by atoms with Crippen molar-refractivity contribution in [3.63, 3.8) is 0 Å². The second kappa shape index (κ2) is 6.24. The van der Waals surface area contributed by atoms with Gasteiger partial charge in [-0.1, -0.05) is 0 Å². The largest absolute Gasteiger partial charge is 0.377 e. The molecule has 1 unspecified atom stereocenters. The van der Waals surface area contributed by atoms with Gasteiger partial charge in [-0.2, -0.15) is 0 Å². The minimum Gasteiger partial charge on any atom is -0.377 e. The van der Waals surface area contributed by atoms with E-state index in [2.05, 4.69) is 22.2 Å². The molecule has 7 heteroatoms. The maximum atomic E-state index is 11.3. The second-order valence-electron chi connectivity index (χ2n) is 4.39. The third kappa shape index (κ3) is 3.49. The summed E-state index contributed by atoms with van der Waals surface area (Å²) < 4.78 is 5.59. The monoisotopic (exact) mass is 270 g/mol. The molecule has 6 nitrogen and oxygen atoms in total. The quantitative estimate of drug-likeness (QED) is 0.471. The molecule has 1 saturated heterocycles. The topological polar surface area (TPSA) is 80.5 Å². The summed E-state index contributed by atoms with van der Waals surface area (Å²) in [6.07, 6.45) is 1.28. The molecule has 3 N–H and O–H groups in total. The summed E-state index contributed by atoms with van der Waals surface area (Å²) in [5.74, 6) is 4.74. The van der Waals surface area contributed by atoms with E-state index in [1.54, 1.807) is 0 Å². The summed E-state index contributed by atoms with van der Waals surface area (Å²) >= 11 is 1.32. The molecule has 0 spiro atoms. The van der Waals surface area contributed by atoms with Gasteiger partial charge in [0, 0.05) is 31.6 Å². The first kappa shape index (κ1) is 13.4. The van der Waals surface area contributed by atoms with Crippen molar-refractivity contribution >= 4 is 17.2 Å². The van der Waals surface area contributed by atoms with E-state index in [0.29, 0.717) is 5.01 Å². The Morgan fingerprint density at radius 2 is 2.61 bits per heavy atom. The zero-order valence-electron chi connectivity index (χ0n) is 10.4. The Morgan fingerprint density at radius 3 is 3.39 bits per heavy atom. The summed E-state index contributed by atoms with van der Waals surface area (Å²) in [6.45, 7) is 5.54. The lowest BCUT2D eigenvalue weighted by atomic mass is 10.3. The van der Waals surface area contributed by atoms with Gasteiger partial charge >= 0.3 is 0 Å². The van der Waals surface area contributed by atoms with E-state index >= 15 is 0 Å². The Kier molecular flexibility index (Phi) is 4.65. The Labute approximate surface area is 110 Å². The van der Waals surface area contributed by atoms with Crippen LogP contribution in [0.1, 0.15) is 28.8 Å². The van der Waals surface area contributed by atoms with Crippen LogP contribution >= 0.6 is 11.3 Å². The number of hydrogen-bond donors (Lipinski definition) is 2. The average Bonchev–Trinajstić information content (AvgIpc) is 2.72. The van der Waals surface area contributed by atoms with Crippen molar-refractivity contribution in [1.29, 1.82) is 0 Å². The molecule has 2 rings (SSSR count). The molecule has 0 radical (unpaired) electrons. The number of hydrogen-bond acceptors (Lipinski definition) is 6. The summed E-state index contributed by atoms with van der Waals surface area (Å²) in [7, 11) is 0. The number of rotatable bonds is 3. The predicted molar refractivity (Wildman–Crippen MR) is 69.1 cm³/mol. The van der Waals surface area contributed by atoms with E-state index in [9.17, 15) is 4.79 Å². The molecular weight excluding hydrogens is 252 g/mol. The van der Waals surface area contributed by atoms with E-state index in [1.165, 1.54) is 11.3 Å². The van der Waals surface area contributed by atoms with Gasteiger partial charge in [0.2, 0.25) is 0 Å². The van der Waals surface area contributed by atoms with E-state index in [1.807, 2.05) is 5.38 Å². The SMILES string of the molecule is CC1CN(Cc2csc(C(=O)NN)n2)CCCO1. The van der Waals surface area contributed by atoms with Gasteiger partial charge in [-0.05, 0) is 13.3 Å². The maximum Gasteiger partial charge on any atom is 0.294 e. The number of nitrogens with two attached hydrogens (primary N) is 1. The number of thiazole rings is 1.